The third-order valence-electron chi connectivity index (χ3n) is 8.51. The standard InChI is InChI=1S/C26H39FN2O2/c27-24-3-1-20(2-4-24)17-28-6-8-29(9-7-28)18-25(30)19-31-10-5-26-14-21-11-22(15-26)13-23(12-21)16-26/h1-4,21-23,25,30H,5-19H2. The molecule has 0 spiro atoms. The topological polar surface area (TPSA) is 35.9 Å². The van der Waals surface area contributed by atoms with Gasteiger partial charge in [0.2, 0.25) is 0 Å². The number of hydrogen-bond acceptors (Lipinski definition) is 4. The highest BCUT2D eigenvalue weighted by atomic mass is 19.1. The maximum Gasteiger partial charge on any atom is 0.123 e. The van der Waals surface area contributed by atoms with Crippen LogP contribution < -0.4 is 0 Å². The van der Waals surface area contributed by atoms with Crippen molar-refractivity contribution >= 4 is 0 Å². The first-order valence-electron chi connectivity index (χ1n) is 12.5. The van der Waals surface area contributed by atoms with Gasteiger partial charge in [-0.3, -0.25) is 9.80 Å². The van der Waals surface area contributed by atoms with E-state index in [1.807, 2.05) is 12.1 Å². The fourth-order valence-corrected chi connectivity index (χ4v) is 7.43. The van der Waals surface area contributed by atoms with Crippen LogP contribution in [0.3, 0.4) is 0 Å². The van der Waals surface area contributed by atoms with E-state index in [4.69, 9.17) is 4.74 Å². The molecule has 172 valence electrons. The van der Waals surface area contributed by atoms with Crippen LogP contribution in [0.5, 0.6) is 0 Å². The van der Waals surface area contributed by atoms with Crippen LogP contribution in [0.4, 0.5) is 4.39 Å². The Morgan fingerprint density at radius 1 is 0.935 bits per heavy atom. The number of benzene rings is 1. The Kier molecular flexibility index (Phi) is 6.66. The van der Waals surface area contributed by atoms with Crippen molar-refractivity contribution in [3.8, 4) is 0 Å². The molecular weight excluding hydrogens is 391 g/mol. The quantitative estimate of drug-likeness (QED) is 0.603. The molecule has 1 aromatic carbocycles. The number of rotatable bonds is 9. The van der Waals surface area contributed by atoms with Crippen LogP contribution in [0.1, 0.15) is 50.5 Å². The molecule has 1 atom stereocenters. The molecule has 1 aliphatic heterocycles. The molecule has 1 N–H and O–H groups in total. The summed E-state index contributed by atoms with van der Waals surface area (Å²) in [5, 5.41) is 10.5. The summed E-state index contributed by atoms with van der Waals surface area (Å²) in [6.07, 6.45) is 9.60. The molecule has 0 amide bonds. The van der Waals surface area contributed by atoms with Gasteiger partial charge in [-0.2, -0.15) is 0 Å². The SMILES string of the molecule is OC(COCCC12CC3CC(CC(C3)C1)C2)CN1CCN(Cc2ccc(F)cc2)CC1. The average molecular weight is 431 g/mol. The molecule has 31 heavy (non-hydrogen) atoms. The first kappa shape index (κ1) is 21.8. The summed E-state index contributed by atoms with van der Waals surface area (Å²) in [4.78, 5) is 4.74. The summed E-state index contributed by atoms with van der Waals surface area (Å²) >= 11 is 0. The first-order valence-corrected chi connectivity index (χ1v) is 12.5. The maximum absolute atomic E-state index is 13.1. The Morgan fingerprint density at radius 3 is 2.13 bits per heavy atom. The van der Waals surface area contributed by atoms with Crippen molar-refractivity contribution in [1.29, 1.82) is 0 Å². The van der Waals surface area contributed by atoms with Gasteiger partial charge in [0, 0.05) is 45.9 Å². The number of ether oxygens (including phenoxy) is 1. The van der Waals surface area contributed by atoms with Gasteiger partial charge in [-0.1, -0.05) is 12.1 Å². The van der Waals surface area contributed by atoms with E-state index in [9.17, 15) is 9.50 Å². The van der Waals surface area contributed by atoms with E-state index in [1.165, 1.54) is 57.1 Å². The summed E-state index contributed by atoms with van der Waals surface area (Å²) in [5.74, 6) is 2.82. The Labute approximate surface area is 186 Å². The van der Waals surface area contributed by atoms with Crippen molar-refractivity contribution in [2.45, 2.75) is 57.6 Å². The van der Waals surface area contributed by atoms with E-state index in [1.54, 1.807) is 0 Å². The van der Waals surface area contributed by atoms with Crippen molar-refractivity contribution in [3.63, 3.8) is 0 Å². The van der Waals surface area contributed by atoms with Crippen LogP contribution in [0, 0.1) is 29.0 Å². The molecule has 1 saturated heterocycles. The Hall–Kier alpha value is -1.01. The highest BCUT2D eigenvalue weighted by molar-refractivity contribution is 5.16. The van der Waals surface area contributed by atoms with Gasteiger partial charge in [0.25, 0.3) is 0 Å². The fraction of sp³-hybridized carbons (Fsp3) is 0.769. The minimum atomic E-state index is -0.403. The van der Waals surface area contributed by atoms with Gasteiger partial charge >= 0.3 is 0 Å². The first-order chi connectivity index (χ1) is 15.1. The second kappa shape index (κ2) is 9.46. The van der Waals surface area contributed by atoms with Gasteiger partial charge in [0.15, 0.2) is 0 Å². The number of aliphatic hydroxyl groups is 1. The molecule has 4 nitrogen and oxygen atoms in total. The molecule has 1 heterocycles. The summed E-state index contributed by atoms with van der Waals surface area (Å²) in [7, 11) is 0. The van der Waals surface area contributed by atoms with E-state index in [2.05, 4.69) is 9.80 Å². The minimum absolute atomic E-state index is 0.178. The molecule has 4 saturated carbocycles. The normalized spacial score (nSPS) is 34.3. The van der Waals surface area contributed by atoms with Crippen molar-refractivity contribution in [2.75, 3.05) is 45.9 Å². The summed E-state index contributed by atoms with van der Waals surface area (Å²) in [6, 6.07) is 6.80. The number of β-amino-alcohol motifs (C(OH)–C–C–N with tert-alkyl or cyclic N) is 1. The lowest BCUT2D eigenvalue weighted by Crippen LogP contribution is -2.48. The van der Waals surface area contributed by atoms with Crippen molar-refractivity contribution in [2.24, 2.45) is 23.2 Å². The predicted molar refractivity (Wildman–Crippen MR) is 120 cm³/mol. The van der Waals surface area contributed by atoms with Gasteiger partial charge < -0.3 is 9.84 Å². The van der Waals surface area contributed by atoms with Crippen molar-refractivity contribution < 1.29 is 14.2 Å². The molecule has 6 rings (SSSR count). The zero-order valence-corrected chi connectivity index (χ0v) is 18.9. The molecule has 4 bridgehead atoms. The number of nitrogens with zero attached hydrogens (tertiary/aromatic N) is 2. The Morgan fingerprint density at radius 2 is 1.52 bits per heavy atom. The molecular formula is C26H39FN2O2. The average Bonchev–Trinajstić information content (AvgIpc) is 2.73. The highest BCUT2D eigenvalue weighted by Gasteiger charge is 2.50. The molecule has 5 aliphatic rings. The van der Waals surface area contributed by atoms with Crippen molar-refractivity contribution in [1.82, 2.24) is 9.80 Å². The summed E-state index contributed by atoms with van der Waals surface area (Å²) in [5.41, 5.74) is 1.72. The third-order valence-corrected chi connectivity index (χ3v) is 8.51. The number of halogens is 1. The lowest BCUT2D eigenvalue weighted by molar-refractivity contribution is -0.0744. The van der Waals surface area contributed by atoms with Crippen LogP contribution in [-0.2, 0) is 11.3 Å². The largest absolute Gasteiger partial charge is 0.389 e. The molecule has 0 radical (unpaired) electrons. The Balaban J connectivity index is 0.971. The lowest BCUT2D eigenvalue weighted by Gasteiger charge is -2.57. The third kappa shape index (κ3) is 5.50. The smallest absolute Gasteiger partial charge is 0.123 e. The Bertz CT molecular complexity index is 681. The second-order valence-electron chi connectivity index (χ2n) is 11.1. The monoisotopic (exact) mass is 430 g/mol. The van der Waals surface area contributed by atoms with Crippen LogP contribution in [0.25, 0.3) is 0 Å². The lowest BCUT2D eigenvalue weighted by atomic mass is 9.49. The van der Waals surface area contributed by atoms with Crippen LogP contribution >= 0.6 is 0 Å². The summed E-state index contributed by atoms with van der Waals surface area (Å²) in [6.45, 7) is 6.73. The van der Waals surface area contributed by atoms with E-state index < -0.39 is 6.10 Å². The number of piperazine rings is 1. The second-order valence-corrected chi connectivity index (χ2v) is 11.1. The fourth-order valence-electron chi connectivity index (χ4n) is 7.43. The van der Waals surface area contributed by atoms with Gasteiger partial charge in [-0.15, -0.1) is 0 Å². The highest BCUT2D eigenvalue weighted by Crippen LogP contribution is 2.61. The molecule has 0 aromatic heterocycles. The zero-order chi connectivity index (χ0) is 21.3. The van der Waals surface area contributed by atoms with Crippen LogP contribution in [0.15, 0.2) is 24.3 Å². The minimum Gasteiger partial charge on any atom is -0.389 e. The van der Waals surface area contributed by atoms with E-state index in [0.29, 0.717) is 18.6 Å². The van der Waals surface area contributed by atoms with Crippen LogP contribution in [0.2, 0.25) is 0 Å². The van der Waals surface area contributed by atoms with E-state index in [-0.39, 0.29) is 5.82 Å². The molecule has 5 fully saturated rings. The van der Waals surface area contributed by atoms with Gasteiger partial charge in [-0.25, -0.2) is 4.39 Å². The molecule has 1 aromatic rings. The zero-order valence-electron chi connectivity index (χ0n) is 18.9. The van der Waals surface area contributed by atoms with Crippen molar-refractivity contribution in [3.05, 3.63) is 35.6 Å². The number of hydrogen-bond donors (Lipinski definition) is 1. The van der Waals surface area contributed by atoms with Crippen LogP contribution in [-0.4, -0.2) is 66.9 Å². The molecule has 1 unspecified atom stereocenters. The van der Waals surface area contributed by atoms with Gasteiger partial charge in [0.1, 0.15) is 5.82 Å². The van der Waals surface area contributed by atoms with Gasteiger partial charge in [-0.05, 0) is 85.8 Å². The maximum atomic E-state index is 13.1. The van der Waals surface area contributed by atoms with Gasteiger partial charge in [0.05, 0.1) is 12.7 Å². The predicted octanol–water partition coefficient (Wildman–Crippen LogP) is 3.93. The number of aliphatic hydroxyl groups excluding tert-OH is 1. The van der Waals surface area contributed by atoms with E-state index >= 15 is 0 Å². The molecule has 5 heteroatoms. The molecule has 4 aliphatic carbocycles. The van der Waals surface area contributed by atoms with E-state index in [0.717, 1.165) is 62.6 Å². The summed E-state index contributed by atoms with van der Waals surface area (Å²) < 4.78 is 19.0.